The maximum atomic E-state index is 13.3. The van der Waals surface area contributed by atoms with E-state index in [0.29, 0.717) is 12.8 Å². The van der Waals surface area contributed by atoms with Gasteiger partial charge >= 0.3 is 11.9 Å². The fourth-order valence-electron chi connectivity index (χ4n) is 1.61. The van der Waals surface area contributed by atoms with Crippen LogP contribution in [-0.4, -0.2) is 24.3 Å². The SMILES string of the molecule is CCCCCC(F)C(=O)OC(=O)C(F)CCCCC. The summed E-state index contributed by atoms with van der Waals surface area (Å²) in [6.07, 6.45) is 0.910. The van der Waals surface area contributed by atoms with Crippen LogP contribution in [0.4, 0.5) is 8.78 Å². The molecule has 0 saturated carbocycles. The van der Waals surface area contributed by atoms with Crippen molar-refractivity contribution >= 4 is 11.9 Å². The van der Waals surface area contributed by atoms with Crippen LogP contribution in [0.25, 0.3) is 0 Å². The first-order valence-corrected chi connectivity index (χ1v) is 7.06. The van der Waals surface area contributed by atoms with Crippen molar-refractivity contribution in [2.24, 2.45) is 0 Å². The van der Waals surface area contributed by atoms with Gasteiger partial charge in [0, 0.05) is 0 Å². The molecule has 112 valence electrons. The summed E-state index contributed by atoms with van der Waals surface area (Å²) in [5.74, 6) is -2.53. The van der Waals surface area contributed by atoms with Crippen LogP contribution in [0.2, 0.25) is 0 Å². The zero-order chi connectivity index (χ0) is 14.7. The number of ether oxygens (including phenoxy) is 1. The predicted octanol–water partition coefficient (Wildman–Crippen LogP) is 3.89. The highest BCUT2D eigenvalue weighted by Crippen LogP contribution is 2.12. The molecule has 0 fully saturated rings. The minimum Gasteiger partial charge on any atom is -0.389 e. The van der Waals surface area contributed by atoms with Gasteiger partial charge in [-0.05, 0) is 25.7 Å². The lowest BCUT2D eigenvalue weighted by molar-refractivity contribution is -0.167. The van der Waals surface area contributed by atoms with Gasteiger partial charge in [0.2, 0.25) is 0 Å². The molecule has 0 N–H and O–H groups in total. The molecule has 0 aromatic rings. The molecule has 3 nitrogen and oxygen atoms in total. The van der Waals surface area contributed by atoms with Crippen LogP contribution >= 0.6 is 0 Å². The third-order valence-electron chi connectivity index (χ3n) is 2.83. The van der Waals surface area contributed by atoms with Gasteiger partial charge in [0.1, 0.15) is 0 Å². The van der Waals surface area contributed by atoms with Crippen molar-refractivity contribution in [3.05, 3.63) is 0 Å². The second kappa shape index (κ2) is 10.9. The van der Waals surface area contributed by atoms with E-state index in [1.165, 1.54) is 0 Å². The maximum absolute atomic E-state index is 13.3. The van der Waals surface area contributed by atoms with Gasteiger partial charge in [0.05, 0.1) is 0 Å². The molecule has 2 unspecified atom stereocenters. The molecule has 0 spiro atoms. The van der Waals surface area contributed by atoms with Crippen molar-refractivity contribution in [2.45, 2.75) is 77.6 Å². The topological polar surface area (TPSA) is 43.4 Å². The first-order valence-electron chi connectivity index (χ1n) is 7.06. The Hall–Kier alpha value is -1.00. The highest BCUT2D eigenvalue weighted by Gasteiger charge is 2.26. The minimum atomic E-state index is -1.83. The van der Waals surface area contributed by atoms with E-state index in [-0.39, 0.29) is 12.8 Å². The summed E-state index contributed by atoms with van der Waals surface area (Å²) >= 11 is 0. The zero-order valence-electron chi connectivity index (χ0n) is 11.8. The summed E-state index contributed by atoms with van der Waals surface area (Å²) in [6, 6.07) is 0. The Balaban J connectivity index is 3.92. The fraction of sp³-hybridized carbons (Fsp3) is 0.857. The first kappa shape index (κ1) is 18.0. The summed E-state index contributed by atoms with van der Waals surface area (Å²) in [5.41, 5.74) is 0. The van der Waals surface area contributed by atoms with E-state index in [0.717, 1.165) is 25.7 Å². The van der Waals surface area contributed by atoms with Gasteiger partial charge < -0.3 is 4.74 Å². The summed E-state index contributed by atoms with van der Waals surface area (Å²) in [6.45, 7) is 3.91. The lowest BCUT2D eigenvalue weighted by Crippen LogP contribution is -2.27. The van der Waals surface area contributed by atoms with E-state index in [1.807, 2.05) is 13.8 Å². The normalized spacial score (nSPS) is 13.9. The van der Waals surface area contributed by atoms with Crippen LogP contribution in [0.5, 0.6) is 0 Å². The molecule has 0 aromatic carbocycles. The van der Waals surface area contributed by atoms with Gasteiger partial charge in [-0.3, -0.25) is 0 Å². The maximum Gasteiger partial charge on any atom is 0.348 e. The zero-order valence-corrected chi connectivity index (χ0v) is 11.8. The Labute approximate surface area is 113 Å². The molecular weight excluding hydrogens is 254 g/mol. The highest BCUT2D eigenvalue weighted by molar-refractivity contribution is 5.89. The Morgan fingerprint density at radius 3 is 1.53 bits per heavy atom. The second-order valence-corrected chi connectivity index (χ2v) is 4.67. The van der Waals surface area contributed by atoms with E-state index < -0.39 is 24.3 Å². The van der Waals surface area contributed by atoms with E-state index in [1.54, 1.807) is 0 Å². The molecule has 0 aromatic heterocycles. The second-order valence-electron chi connectivity index (χ2n) is 4.67. The van der Waals surface area contributed by atoms with Crippen molar-refractivity contribution in [1.82, 2.24) is 0 Å². The number of rotatable bonds is 10. The number of hydrogen-bond donors (Lipinski definition) is 0. The van der Waals surface area contributed by atoms with Crippen LogP contribution in [0, 0.1) is 0 Å². The molecule has 0 radical (unpaired) electrons. The molecule has 0 aliphatic heterocycles. The molecule has 0 aliphatic carbocycles. The number of hydrogen-bond acceptors (Lipinski definition) is 3. The smallest absolute Gasteiger partial charge is 0.348 e. The lowest BCUT2D eigenvalue weighted by Gasteiger charge is -2.09. The summed E-state index contributed by atoms with van der Waals surface area (Å²) in [7, 11) is 0. The number of halogens is 2. The highest BCUT2D eigenvalue weighted by atomic mass is 19.1. The van der Waals surface area contributed by atoms with Crippen LogP contribution in [0.15, 0.2) is 0 Å². The van der Waals surface area contributed by atoms with Crippen LogP contribution < -0.4 is 0 Å². The summed E-state index contributed by atoms with van der Waals surface area (Å²) in [5, 5.41) is 0. The van der Waals surface area contributed by atoms with E-state index >= 15 is 0 Å². The standard InChI is InChI=1S/C14H24F2O3/c1-3-5-7-9-11(15)13(17)19-14(18)12(16)10-8-6-4-2/h11-12H,3-10H2,1-2H3. The van der Waals surface area contributed by atoms with Crippen molar-refractivity contribution in [3.63, 3.8) is 0 Å². The molecule has 0 heterocycles. The van der Waals surface area contributed by atoms with Gasteiger partial charge in [0.25, 0.3) is 0 Å². The third kappa shape index (κ3) is 8.67. The molecular formula is C14H24F2O3. The monoisotopic (exact) mass is 278 g/mol. The summed E-state index contributed by atoms with van der Waals surface area (Å²) < 4.78 is 30.8. The third-order valence-corrected chi connectivity index (χ3v) is 2.83. The molecule has 0 amide bonds. The number of carbonyl (C=O) groups is 2. The average Bonchev–Trinajstić information content (AvgIpc) is 2.38. The van der Waals surface area contributed by atoms with Gasteiger partial charge in [-0.2, -0.15) is 0 Å². The van der Waals surface area contributed by atoms with Crippen molar-refractivity contribution < 1.29 is 23.1 Å². The quantitative estimate of drug-likeness (QED) is 0.346. The van der Waals surface area contributed by atoms with Crippen molar-refractivity contribution in [2.75, 3.05) is 0 Å². The minimum absolute atomic E-state index is 0.0206. The van der Waals surface area contributed by atoms with E-state index in [4.69, 9.17) is 0 Å². The number of carbonyl (C=O) groups excluding carboxylic acids is 2. The van der Waals surface area contributed by atoms with Crippen molar-refractivity contribution in [3.8, 4) is 0 Å². The number of unbranched alkanes of at least 4 members (excludes halogenated alkanes) is 4. The molecule has 0 rings (SSSR count). The van der Waals surface area contributed by atoms with Crippen LogP contribution in [-0.2, 0) is 14.3 Å². The van der Waals surface area contributed by atoms with E-state index in [2.05, 4.69) is 4.74 Å². The molecule has 0 aliphatic rings. The van der Waals surface area contributed by atoms with Crippen LogP contribution in [0.3, 0.4) is 0 Å². The van der Waals surface area contributed by atoms with Crippen molar-refractivity contribution in [1.29, 1.82) is 0 Å². The van der Waals surface area contributed by atoms with Gasteiger partial charge in [-0.1, -0.05) is 39.5 Å². The first-order chi connectivity index (χ1) is 9.02. The molecule has 5 heteroatoms. The molecule has 0 saturated heterocycles. The van der Waals surface area contributed by atoms with Gasteiger partial charge in [-0.25, -0.2) is 18.4 Å². The van der Waals surface area contributed by atoms with E-state index in [9.17, 15) is 18.4 Å². The Bertz CT molecular complexity index is 243. The number of alkyl halides is 2. The fourth-order valence-corrected chi connectivity index (χ4v) is 1.61. The lowest BCUT2D eigenvalue weighted by atomic mass is 10.1. The van der Waals surface area contributed by atoms with Gasteiger partial charge in [0.15, 0.2) is 12.3 Å². The Morgan fingerprint density at radius 2 is 1.21 bits per heavy atom. The predicted molar refractivity (Wildman–Crippen MR) is 69.2 cm³/mol. The summed E-state index contributed by atoms with van der Waals surface area (Å²) in [4.78, 5) is 22.4. The Kier molecular flexibility index (Phi) is 10.3. The largest absolute Gasteiger partial charge is 0.389 e. The van der Waals surface area contributed by atoms with Crippen LogP contribution in [0.1, 0.15) is 65.2 Å². The average molecular weight is 278 g/mol. The Morgan fingerprint density at radius 1 is 0.842 bits per heavy atom. The molecule has 19 heavy (non-hydrogen) atoms. The van der Waals surface area contributed by atoms with Gasteiger partial charge in [-0.15, -0.1) is 0 Å². The molecule has 2 atom stereocenters. The molecule has 0 bridgehead atoms. The number of esters is 2.